The summed E-state index contributed by atoms with van der Waals surface area (Å²) in [7, 11) is 0. The molecule has 0 aromatic heterocycles. The predicted molar refractivity (Wildman–Crippen MR) is 58.9 cm³/mol. The first-order valence-electron chi connectivity index (χ1n) is 5.06. The van der Waals surface area contributed by atoms with Crippen molar-refractivity contribution in [2.24, 2.45) is 0 Å². The van der Waals surface area contributed by atoms with Gasteiger partial charge in [-0.2, -0.15) is 0 Å². The molecule has 0 bridgehead atoms. The first-order valence-corrected chi connectivity index (χ1v) is 6.27. The lowest BCUT2D eigenvalue weighted by Gasteiger charge is -2.16. The molecule has 0 saturated carbocycles. The first kappa shape index (κ1) is 11.4. The Morgan fingerprint density at radius 1 is 1.44 bits per heavy atom. The summed E-state index contributed by atoms with van der Waals surface area (Å²) in [6.07, 6.45) is 1.52. The van der Waals surface area contributed by atoms with Crippen LogP contribution in [0.4, 0.5) is 4.39 Å². The highest BCUT2D eigenvalue weighted by Crippen LogP contribution is 2.23. The van der Waals surface area contributed by atoms with E-state index in [1.807, 2.05) is 0 Å². The van der Waals surface area contributed by atoms with Crippen LogP contribution < -0.4 is 0 Å². The molecule has 3 nitrogen and oxygen atoms in total. The third-order valence-corrected chi connectivity index (χ3v) is 4.40. The van der Waals surface area contributed by atoms with Gasteiger partial charge in [-0.3, -0.25) is 4.79 Å². The Hall–Kier alpha value is -1.07. The van der Waals surface area contributed by atoms with Crippen molar-refractivity contribution in [3.8, 4) is 0 Å². The van der Waals surface area contributed by atoms with E-state index in [0.29, 0.717) is 18.0 Å². The van der Waals surface area contributed by atoms with Gasteiger partial charge < -0.3 is 9.45 Å². The largest absolute Gasteiger partial charge is 0.611 e. The molecule has 1 aromatic carbocycles. The standard InChI is InChI=1S/C11H12FNO2S/c12-9-1-3-10(4-2-9)16(15)11-5-6-13(7-11)8-14/h1-4,8,11H,5-7H2. The maximum absolute atomic E-state index is 12.7. The maximum atomic E-state index is 12.7. The average molecular weight is 241 g/mol. The molecule has 5 heteroatoms. The Bertz CT molecular complexity index is 371. The zero-order valence-corrected chi connectivity index (χ0v) is 9.45. The van der Waals surface area contributed by atoms with Crippen molar-refractivity contribution in [1.29, 1.82) is 0 Å². The molecule has 1 aliphatic heterocycles. The molecule has 1 amide bonds. The second-order valence-corrected chi connectivity index (χ2v) is 5.50. The summed E-state index contributed by atoms with van der Waals surface area (Å²) in [5.41, 5.74) is 0. The zero-order chi connectivity index (χ0) is 11.5. The summed E-state index contributed by atoms with van der Waals surface area (Å²) < 4.78 is 24.8. The minimum atomic E-state index is -1.16. The molecule has 0 radical (unpaired) electrons. The highest BCUT2D eigenvalue weighted by molar-refractivity contribution is 7.92. The van der Waals surface area contributed by atoms with E-state index in [9.17, 15) is 13.7 Å². The van der Waals surface area contributed by atoms with E-state index in [1.165, 1.54) is 24.3 Å². The molecule has 1 aliphatic rings. The predicted octanol–water partition coefficient (Wildman–Crippen LogP) is 1.16. The molecule has 2 rings (SSSR count). The molecule has 86 valence electrons. The maximum Gasteiger partial charge on any atom is 0.209 e. The summed E-state index contributed by atoms with van der Waals surface area (Å²) >= 11 is -1.16. The smallest absolute Gasteiger partial charge is 0.209 e. The second-order valence-electron chi connectivity index (χ2n) is 3.76. The van der Waals surface area contributed by atoms with Crippen molar-refractivity contribution < 1.29 is 13.7 Å². The molecule has 16 heavy (non-hydrogen) atoms. The van der Waals surface area contributed by atoms with Crippen LogP contribution in [0, 0.1) is 5.82 Å². The zero-order valence-electron chi connectivity index (χ0n) is 8.64. The minimum Gasteiger partial charge on any atom is -0.611 e. The van der Waals surface area contributed by atoms with Crippen LogP contribution in [0.1, 0.15) is 6.42 Å². The summed E-state index contributed by atoms with van der Waals surface area (Å²) in [6.45, 7) is 1.18. The fourth-order valence-electron chi connectivity index (χ4n) is 1.79. The van der Waals surface area contributed by atoms with E-state index in [0.717, 1.165) is 12.8 Å². The van der Waals surface area contributed by atoms with E-state index >= 15 is 0 Å². The van der Waals surface area contributed by atoms with Gasteiger partial charge in [-0.1, -0.05) is 0 Å². The number of carbonyl (C=O) groups is 1. The molecule has 0 aliphatic carbocycles. The van der Waals surface area contributed by atoms with Crippen LogP contribution in [0.5, 0.6) is 0 Å². The lowest BCUT2D eigenvalue weighted by molar-refractivity contribution is -0.117. The van der Waals surface area contributed by atoms with Gasteiger partial charge in [0.25, 0.3) is 0 Å². The average Bonchev–Trinajstić information content (AvgIpc) is 2.77. The third kappa shape index (κ3) is 2.36. The molecule has 1 saturated heterocycles. The van der Waals surface area contributed by atoms with Crippen LogP contribution >= 0.6 is 0 Å². The van der Waals surface area contributed by atoms with Gasteiger partial charge in [0.15, 0.2) is 4.90 Å². The van der Waals surface area contributed by atoms with Gasteiger partial charge in [0.1, 0.15) is 11.1 Å². The van der Waals surface area contributed by atoms with Crippen LogP contribution in [0.3, 0.4) is 0 Å². The molecule has 2 unspecified atom stereocenters. The number of rotatable bonds is 3. The summed E-state index contributed by atoms with van der Waals surface area (Å²) in [5, 5.41) is -0.0318. The summed E-state index contributed by atoms with van der Waals surface area (Å²) in [4.78, 5) is 12.8. The van der Waals surface area contributed by atoms with Crippen molar-refractivity contribution in [3.05, 3.63) is 30.1 Å². The van der Waals surface area contributed by atoms with Crippen LogP contribution in [0.15, 0.2) is 29.2 Å². The molecular weight excluding hydrogens is 229 g/mol. The fourth-order valence-corrected chi connectivity index (χ4v) is 3.22. The topological polar surface area (TPSA) is 43.4 Å². The molecule has 0 spiro atoms. The third-order valence-electron chi connectivity index (χ3n) is 2.67. The SMILES string of the molecule is O=CN1CCC([S+]([O-])c2ccc(F)cc2)C1. The number of benzene rings is 1. The lowest BCUT2D eigenvalue weighted by atomic mass is 10.3. The Balaban J connectivity index is 2.05. The number of hydrogen-bond donors (Lipinski definition) is 0. The Kier molecular flexibility index (Phi) is 3.46. The van der Waals surface area contributed by atoms with Gasteiger partial charge >= 0.3 is 0 Å². The van der Waals surface area contributed by atoms with Gasteiger partial charge in [-0.25, -0.2) is 4.39 Å². The summed E-state index contributed by atoms with van der Waals surface area (Å²) in [5.74, 6) is -0.332. The number of hydrogen-bond acceptors (Lipinski definition) is 2. The molecule has 1 fully saturated rings. The van der Waals surface area contributed by atoms with Crippen molar-refractivity contribution in [1.82, 2.24) is 4.90 Å². The molecule has 0 N–H and O–H groups in total. The van der Waals surface area contributed by atoms with Crippen LogP contribution in [-0.2, 0) is 16.0 Å². The quantitative estimate of drug-likeness (QED) is 0.589. The normalized spacial score (nSPS) is 22.1. The highest BCUT2D eigenvalue weighted by Gasteiger charge is 2.32. The molecular formula is C11H12FNO2S. The fraction of sp³-hybridized carbons (Fsp3) is 0.364. The van der Waals surface area contributed by atoms with Gasteiger partial charge in [0, 0.05) is 13.0 Å². The Morgan fingerprint density at radius 3 is 2.69 bits per heavy atom. The number of nitrogens with zero attached hydrogens (tertiary/aromatic N) is 1. The Labute approximate surface area is 96.4 Å². The summed E-state index contributed by atoms with van der Waals surface area (Å²) in [6, 6.07) is 5.68. The van der Waals surface area contributed by atoms with Crippen LogP contribution in [0.25, 0.3) is 0 Å². The minimum absolute atomic E-state index is 0.0318. The number of likely N-dealkylation sites (tertiary alicyclic amines) is 1. The van der Waals surface area contributed by atoms with Crippen molar-refractivity contribution in [2.75, 3.05) is 13.1 Å². The molecule has 1 aromatic rings. The Morgan fingerprint density at radius 2 is 2.12 bits per heavy atom. The molecule has 1 heterocycles. The first-order chi connectivity index (χ1) is 7.70. The number of halogens is 1. The van der Waals surface area contributed by atoms with E-state index in [2.05, 4.69) is 0 Å². The van der Waals surface area contributed by atoms with Gasteiger partial charge in [0.2, 0.25) is 6.41 Å². The number of amides is 1. The van der Waals surface area contributed by atoms with Crippen LogP contribution in [-0.4, -0.2) is 34.2 Å². The van der Waals surface area contributed by atoms with Crippen molar-refractivity contribution >= 4 is 17.6 Å². The lowest BCUT2D eigenvalue weighted by Crippen LogP contribution is -2.26. The van der Waals surface area contributed by atoms with Crippen molar-refractivity contribution in [2.45, 2.75) is 16.6 Å². The van der Waals surface area contributed by atoms with Crippen LogP contribution in [0.2, 0.25) is 0 Å². The van der Waals surface area contributed by atoms with E-state index in [4.69, 9.17) is 0 Å². The monoisotopic (exact) mass is 241 g/mol. The van der Waals surface area contributed by atoms with Gasteiger partial charge in [0.05, 0.1) is 6.54 Å². The molecule has 2 atom stereocenters. The van der Waals surface area contributed by atoms with E-state index in [-0.39, 0.29) is 11.1 Å². The highest BCUT2D eigenvalue weighted by atomic mass is 32.2. The van der Waals surface area contributed by atoms with E-state index in [1.54, 1.807) is 4.90 Å². The number of carbonyl (C=O) groups excluding carboxylic acids is 1. The second kappa shape index (κ2) is 4.84. The van der Waals surface area contributed by atoms with Crippen molar-refractivity contribution in [3.63, 3.8) is 0 Å². The van der Waals surface area contributed by atoms with Gasteiger partial charge in [-0.15, -0.1) is 0 Å². The van der Waals surface area contributed by atoms with Gasteiger partial charge in [-0.05, 0) is 35.4 Å². The van der Waals surface area contributed by atoms with E-state index < -0.39 is 11.2 Å².